The molecule has 1 aromatic heterocycles. The van der Waals surface area contributed by atoms with Gasteiger partial charge < -0.3 is 5.32 Å². The molecule has 0 aliphatic rings. The van der Waals surface area contributed by atoms with Crippen LogP contribution in [-0.2, 0) is 12.6 Å². The van der Waals surface area contributed by atoms with Gasteiger partial charge in [-0.2, -0.15) is 13.2 Å². The van der Waals surface area contributed by atoms with Crippen LogP contribution in [0.1, 0.15) is 17.4 Å². The smallest absolute Gasteiger partial charge is 0.317 e. The summed E-state index contributed by atoms with van der Waals surface area (Å²) in [7, 11) is 1.87. The maximum atomic E-state index is 12.6. The number of hydrogen-bond acceptors (Lipinski definition) is 2. The molecule has 0 fully saturated rings. The van der Waals surface area contributed by atoms with Crippen molar-refractivity contribution in [2.75, 3.05) is 7.05 Å². The summed E-state index contributed by atoms with van der Waals surface area (Å²) in [5.74, 6) is 0. The monoisotopic (exact) mass is 273 g/mol. The van der Waals surface area contributed by atoms with E-state index in [-0.39, 0.29) is 0 Å². The van der Waals surface area contributed by atoms with Gasteiger partial charge in [0.15, 0.2) is 0 Å². The zero-order valence-electron chi connectivity index (χ0n) is 10.1. The van der Waals surface area contributed by atoms with Crippen LogP contribution in [0, 0.1) is 0 Å². The Morgan fingerprint density at radius 3 is 2.61 bits per heavy atom. The minimum atomic E-state index is -4.27. The van der Waals surface area contributed by atoms with E-state index >= 15 is 0 Å². The summed E-state index contributed by atoms with van der Waals surface area (Å²) < 4.78 is 38.6. The van der Waals surface area contributed by atoms with Crippen molar-refractivity contribution in [1.29, 1.82) is 0 Å². The Hall–Kier alpha value is -1.07. The average molecular weight is 273 g/mol. The van der Waals surface area contributed by atoms with Gasteiger partial charge in [-0.1, -0.05) is 0 Å². The molecule has 1 unspecified atom stereocenters. The van der Waals surface area contributed by atoms with Crippen LogP contribution in [0.3, 0.4) is 0 Å². The van der Waals surface area contributed by atoms with Gasteiger partial charge in [0.05, 0.1) is 5.56 Å². The molecular formula is C13H14F3NS. The van der Waals surface area contributed by atoms with Crippen LogP contribution < -0.4 is 5.32 Å². The molecule has 0 saturated carbocycles. The number of halogens is 3. The lowest BCUT2D eigenvalue weighted by molar-refractivity contribution is -0.137. The first-order valence-electron chi connectivity index (χ1n) is 5.67. The van der Waals surface area contributed by atoms with E-state index in [1.54, 1.807) is 17.4 Å². The molecule has 2 rings (SSSR count). The zero-order chi connectivity index (χ0) is 13.3. The number of alkyl halides is 3. The highest BCUT2D eigenvalue weighted by Crippen LogP contribution is 2.34. The quantitative estimate of drug-likeness (QED) is 0.889. The number of benzene rings is 1. The van der Waals surface area contributed by atoms with Crippen LogP contribution >= 0.6 is 11.3 Å². The molecule has 18 heavy (non-hydrogen) atoms. The maximum Gasteiger partial charge on any atom is 0.416 e. The van der Waals surface area contributed by atoms with Gasteiger partial charge in [0.2, 0.25) is 0 Å². The second kappa shape index (κ2) is 4.90. The predicted octanol–water partition coefficient (Wildman–Crippen LogP) is 4.07. The predicted molar refractivity (Wildman–Crippen MR) is 69.1 cm³/mol. The van der Waals surface area contributed by atoms with Gasteiger partial charge in [0, 0.05) is 15.6 Å². The summed E-state index contributed by atoms with van der Waals surface area (Å²) in [5.41, 5.74) is -0.582. The number of rotatable bonds is 3. The number of thiophene rings is 1. The first kappa shape index (κ1) is 13.4. The minimum absolute atomic E-state index is 0.320. The summed E-state index contributed by atoms with van der Waals surface area (Å²) in [6, 6.07) is 6.09. The lowest BCUT2D eigenvalue weighted by Crippen LogP contribution is -2.22. The van der Waals surface area contributed by atoms with E-state index in [0.29, 0.717) is 11.4 Å². The van der Waals surface area contributed by atoms with Crippen LogP contribution in [0.5, 0.6) is 0 Å². The molecule has 1 atom stereocenters. The summed E-state index contributed by atoms with van der Waals surface area (Å²) in [6.07, 6.45) is -3.44. The van der Waals surface area contributed by atoms with E-state index in [2.05, 4.69) is 5.32 Å². The molecule has 0 bridgehead atoms. The standard InChI is InChI=1S/C13H14F3NS/c1-8(17-2)5-11-7-9-6-10(13(14,15)16)3-4-12(9)18-11/h3-4,6-8,17H,5H2,1-2H3. The third kappa shape index (κ3) is 2.84. The third-order valence-corrected chi connectivity index (χ3v) is 4.03. The SMILES string of the molecule is CNC(C)Cc1cc2cc(C(F)(F)F)ccc2s1. The fraction of sp³-hybridized carbons (Fsp3) is 0.385. The summed E-state index contributed by atoms with van der Waals surface area (Å²) >= 11 is 1.55. The molecule has 0 aliphatic heterocycles. The van der Waals surface area contributed by atoms with Crippen molar-refractivity contribution in [2.24, 2.45) is 0 Å². The van der Waals surface area contributed by atoms with Gasteiger partial charge in [-0.05, 0) is 50.0 Å². The third-order valence-electron chi connectivity index (χ3n) is 2.89. The molecule has 1 heterocycles. The highest BCUT2D eigenvalue weighted by atomic mass is 32.1. The van der Waals surface area contributed by atoms with E-state index in [1.807, 2.05) is 20.0 Å². The molecule has 2 aromatic rings. The van der Waals surface area contributed by atoms with Crippen molar-refractivity contribution in [1.82, 2.24) is 5.32 Å². The van der Waals surface area contributed by atoms with Crippen LogP contribution in [0.15, 0.2) is 24.3 Å². The van der Waals surface area contributed by atoms with Crippen molar-refractivity contribution >= 4 is 21.4 Å². The van der Waals surface area contributed by atoms with Gasteiger partial charge in [0.25, 0.3) is 0 Å². The minimum Gasteiger partial charge on any atom is -0.317 e. The Morgan fingerprint density at radius 1 is 1.28 bits per heavy atom. The highest BCUT2D eigenvalue weighted by Gasteiger charge is 2.30. The van der Waals surface area contributed by atoms with Crippen LogP contribution in [-0.4, -0.2) is 13.1 Å². The Balaban J connectivity index is 2.34. The van der Waals surface area contributed by atoms with Crippen LogP contribution in [0.2, 0.25) is 0 Å². The lowest BCUT2D eigenvalue weighted by Gasteiger charge is -2.06. The van der Waals surface area contributed by atoms with Crippen molar-refractivity contribution < 1.29 is 13.2 Å². The lowest BCUT2D eigenvalue weighted by atomic mass is 10.1. The Morgan fingerprint density at radius 2 is 2.00 bits per heavy atom. The van der Waals surface area contributed by atoms with Crippen molar-refractivity contribution in [3.05, 3.63) is 34.7 Å². The summed E-state index contributed by atoms with van der Waals surface area (Å²) in [4.78, 5) is 1.10. The van der Waals surface area contributed by atoms with Gasteiger partial charge >= 0.3 is 6.18 Å². The van der Waals surface area contributed by atoms with Gasteiger partial charge in [-0.15, -0.1) is 11.3 Å². The van der Waals surface area contributed by atoms with Gasteiger partial charge in [0.1, 0.15) is 0 Å². The molecule has 0 saturated heterocycles. The molecule has 5 heteroatoms. The summed E-state index contributed by atoms with van der Waals surface area (Å²) in [6.45, 7) is 2.05. The van der Waals surface area contributed by atoms with Crippen LogP contribution in [0.4, 0.5) is 13.2 Å². The Labute approximate surface area is 108 Å². The fourth-order valence-electron chi connectivity index (χ4n) is 1.78. The van der Waals surface area contributed by atoms with E-state index < -0.39 is 11.7 Å². The molecule has 1 N–H and O–H groups in total. The second-order valence-corrected chi connectivity index (χ2v) is 5.53. The molecule has 98 valence electrons. The first-order valence-corrected chi connectivity index (χ1v) is 6.48. The van der Waals surface area contributed by atoms with Crippen molar-refractivity contribution in [3.8, 4) is 0 Å². The average Bonchev–Trinajstić information content (AvgIpc) is 2.68. The number of nitrogens with one attached hydrogen (secondary N) is 1. The zero-order valence-corrected chi connectivity index (χ0v) is 11.0. The molecule has 0 aliphatic carbocycles. The molecule has 1 aromatic carbocycles. The van der Waals surface area contributed by atoms with Gasteiger partial charge in [-0.3, -0.25) is 0 Å². The molecule has 0 radical (unpaired) electrons. The molecule has 1 nitrogen and oxygen atoms in total. The van der Waals surface area contributed by atoms with E-state index in [0.717, 1.165) is 22.1 Å². The second-order valence-electron chi connectivity index (χ2n) is 4.36. The normalized spacial score (nSPS) is 14.1. The molecule has 0 amide bonds. The van der Waals surface area contributed by atoms with Gasteiger partial charge in [-0.25, -0.2) is 0 Å². The molecular weight excluding hydrogens is 259 g/mol. The Kier molecular flexibility index (Phi) is 3.64. The van der Waals surface area contributed by atoms with Crippen molar-refractivity contribution in [3.63, 3.8) is 0 Å². The number of hydrogen-bond donors (Lipinski definition) is 1. The van der Waals surface area contributed by atoms with Crippen molar-refractivity contribution in [2.45, 2.75) is 25.6 Å². The largest absolute Gasteiger partial charge is 0.416 e. The van der Waals surface area contributed by atoms with E-state index in [4.69, 9.17) is 0 Å². The molecule has 0 spiro atoms. The van der Waals surface area contributed by atoms with Crippen LogP contribution in [0.25, 0.3) is 10.1 Å². The first-order chi connectivity index (χ1) is 8.40. The number of likely N-dealkylation sites (N-methyl/N-ethyl adjacent to an activating group) is 1. The fourth-order valence-corrected chi connectivity index (χ4v) is 2.95. The van der Waals surface area contributed by atoms with E-state index in [1.165, 1.54) is 6.07 Å². The highest BCUT2D eigenvalue weighted by molar-refractivity contribution is 7.19. The maximum absolute atomic E-state index is 12.6. The summed E-state index contributed by atoms with van der Waals surface area (Å²) in [5, 5.41) is 3.79. The number of fused-ring (bicyclic) bond motifs is 1. The van der Waals surface area contributed by atoms with E-state index in [9.17, 15) is 13.2 Å². The Bertz CT molecular complexity index is 545. The topological polar surface area (TPSA) is 12.0 Å².